The van der Waals surface area contributed by atoms with Crippen LogP contribution in [-0.4, -0.2) is 31.0 Å². The van der Waals surface area contributed by atoms with Crippen LogP contribution in [0.25, 0.3) is 0 Å². The van der Waals surface area contributed by atoms with Crippen LogP contribution in [-0.2, 0) is 0 Å². The van der Waals surface area contributed by atoms with E-state index in [4.69, 9.17) is 10.00 Å². The van der Waals surface area contributed by atoms with Gasteiger partial charge in [-0.1, -0.05) is 6.92 Å². The summed E-state index contributed by atoms with van der Waals surface area (Å²) < 4.78 is 5.09. The van der Waals surface area contributed by atoms with Crippen molar-refractivity contribution in [3.8, 4) is 11.8 Å². The number of hydrogen-bond donors (Lipinski definition) is 0. The van der Waals surface area contributed by atoms with Crippen LogP contribution in [0.2, 0.25) is 0 Å². The van der Waals surface area contributed by atoms with Crippen molar-refractivity contribution >= 4 is 17.2 Å². The molecule has 1 amide bonds. The maximum atomic E-state index is 12.1. The Morgan fingerprint density at radius 3 is 3.00 bits per heavy atom. The molecule has 16 heavy (non-hydrogen) atoms. The van der Waals surface area contributed by atoms with E-state index in [2.05, 4.69) is 0 Å². The number of thiophene rings is 1. The lowest BCUT2D eigenvalue weighted by Crippen LogP contribution is -2.31. The maximum Gasteiger partial charge on any atom is 0.268 e. The summed E-state index contributed by atoms with van der Waals surface area (Å²) in [6.07, 6.45) is 0.834. The van der Waals surface area contributed by atoms with E-state index < -0.39 is 0 Å². The zero-order valence-electron chi connectivity index (χ0n) is 9.40. The third-order valence-corrected chi connectivity index (χ3v) is 2.97. The zero-order chi connectivity index (χ0) is 12.0. The van der Waals surface area contributed by atoms with E-state index in [1.54, 1.807) is 6.07 Å². The zero-order valence-corrected chi connectivity index (χ0v) is 10.2. The Balaban J connectivity index is 2.86. The van der Waals surface area contributed by atoms with E-state index in [1.165, 1.54) is 23.3 Å². The molecule has 0 saturated heterocycles. The third kappa shape index (κ3) is 2.74. The number of ether oxygens (including phenoxy) is 1. The lowest BCUT2D eigenvalue weighted by Gasteiger charge is -2.18. The van der Waals surface area contributed by atoms with Crippen LogP contribution < -0.4 is 4.74 Å². The molecule has 1 rings (SSSR count). The Labute approximate surface area is 99.1 Å². The summed E-state index contributed by atoms with van der Waals surface area (Å²) in [5.74, 6) is 0.448. The van der Waals surface area contributed by atoms with Crippen molar-refractivity contribution in [1.29, 1.82) is 5.26 Å². The molecular formula is C11H14N2O2S. The maximum absolute atomic E-state index is 12.1. The Bertz CT molecular complexity index is 395. The van der Waals surface area contributed by atoms with Crippen LogP contribution in [0.3, 0.4) is 0 Å². The molecule has 1 aromatic heterocycles. The summed E-state index contributed by atoms with van der Waals surface area (Å²) in [5.41, 5.74) is 0. The van der Waals surface area contributed by atoms with Gasteiger partial charge in [0.25, 0.3) is 5.91 Å². The molecule has 0 fully saturated rings. The lowest BCUT2D eigenvalue weighted by atomic mass is 10.3. The molecule has 0 aliphatic rings. The largest absolute Gasteiger partial charge is 0.495 e. The van der Waals surface area contributed by atoms with Gasteiger partial charge in [0.2, 0.25) is 0 Å². The van der Waals surface area contributed by atoms with Gasteiger partial charge in [0.1, 0.15) is 17.2 Å². The highest BCUT2D eigenvalue weighted by atomic mass is 32.1. The second-order valence-electron chi connectivity index (χ2n) is 3.20. The number of nitriles is 1. The van der Waals surface area contributed by atoms with Gasteiger partial charge in [-0.2, -0.15) is 5.26 Å². The fourth-order valence-electron chi connectivity index (χ4n) is 1.37. The number of carbonyl (C=O) groups excluding carboxylic acids is 1. The number of amides is 1. The standard InChI is InChI=1S/C11H14N2O2S/c1-3-6-13(7-5-12)11(14)10-9(15-2)4-8-16-10/h4,8H,3,6-7H2,1-2H3. The number of hydrogen-bond acceptors (Lipinski definition) is 4. The van der Waals surface area contributed by atoms with Crippen molar-refractivity contribution in [1.82, 2.24) is 4.90 Å². The van der Waals surface area contributed by atoms with Crippen LogP contribution in [0.4, 0.5) is 0 Å². The lowest BCUT2D eigenvalue weighted by molar-refractivity contribution is 0.0778. The molecule has 0 atom stereocenters. The third-order valence-electron chi connectivity index (χ3n) is 2.09. The molecule has 0 saturated carbocycles. The van der Waals surface area contributed by atoms with Crippen molar-refractivity contribution in [3.63, 3.8) is 0 Å². The smallest absolute Gasteiger partial charge is 0.268 e. The van der Waals surface area contributed by atoms with Gasteiger partial charge in [0.05, 0.1) is 13.2 Å². The van der Waals surface area contributed by atoms with Crippen molar-refractivity contribution in [2.24, 2.45) is 0 Å². The molecule has 0 spiro atoms. The summed E-state index contributed by atoms with van der Waals surface area (Å²) in [6.45, 7) is 2.69. The average molecular weight is 238 g/mol. The van der Waals surface area contributed by atoms with E-state index in [0.29, 0.717) is 17.2 Å². The second-order valence-corrected chi connectivity index (χ2v) is 4.12. The van der Waals surface area contributed by atoms with E-state index in [-0.39, 0.29) is 12.5 Å². The van der Waals surface area contributed by atoms with Crippen LogP contribution >= 0.6 is 11.3 Å². The molecular weight excluding hydrogens is 224 g/mol. The fourth-order valence-corrected chi connectivity index (χ4v) is 2.19. The molecule has 0 aromatic carbocycles. The topological polar surface area (TPSA) is 53.3 Å². The highest BCUT2D eigenvalue weighted by molar-refractivity contribution is 7.12. The highest BCUT2D eigenvalue weighted by Gasteiger charge is 2.19. The number of rotatable bonds is 5. The molecule has 5 heteroatoms. The molecule has 1 aromatic rings. The minimum absolute atomic E-state index is 0.119. The van der Waals surface area contributed by atoms with Gasteiger partial charge in [-0.15, -0.1) is 11.3 Å². The molecule has 0 N–H and O–H groups in total. The van der Waals surface area contributed by atoms with Gasteiger partial charge in [-0.3, -0.25) is 4.79 Å². The second kappa shape index (κ2) is 6.13. The minimum atomic E-state index is -0.129. The first-order chi connectivity index (χ1) is 7.74. The summed E-state index contributed by atoms with van der Waals surface area (Å²) in [4.78, 5) is 14.2. The Hall–Kier alpha value is -1.54. The highest BCUT2D eigenvalue weighted by Crippen LogP contribution is 2.25. The number of methoxy groups -OCH3 is 1. The fraction of sp³-hybridized carbons (Fsp3) is 0.455. The molecule has 1 heterocycles. The van der Waals surface area contributed by atoms with Gasteiger partial charge < -0.3 is 9.64 Å². The Kier molecular flexibility index (Phi) is 4.80. The molecule has 0 radical (unpaired) electrons. The quantitative estimate of drug-likeness (QED) is 0.738. The first-order valence-corrected chi connectivity index (χ1v) is 5.90. The van der Waals surface area contributed by atoms with Gasteiger partial charge in [0, 0.05) is 6.54 Å². The SMILES string of the molecule is CCCN(CC#N)C(=O)c1sccc1OC. The van der Waals surface area contributed by atoms with Crippen LogP contribution in [0, 0.1) is 11.3 Å². The summed E-state index contributed by atoms with van der Waals surface area (Å²) in [6, 6.07) is 3.76. The summed E-state index contributed by atoms with van der Waals surface area (Å²) in [5, 5.41) is 10.5. The van der Waals surface area contributed by atoms with Crippen LogP contribution in [0.1, 0.15) is 23.0 Å². The van der Waals surface area contributed by atoms with Crippen LogP contribution in [0.15, 0.2) is 11.4 Å². The van der Waals surface area contributed by atoms with E-state index in [0.717, 1.165) is 6.42 Å². The van der Waals surface area contributed by atoms with E-state index in [1.807, 2.05) is 18.4 Å². The van der Waals surface area contributed by atoms with Gasteiger partial charge >= 0.3 is 0 Å². The van der Waals surface area contributed by atoms with Crippen LogP contribution in [0.5, 0.6) is 5.75 Å². The summed E-state index contributed by atoms with van der Waals surface area (Å²) in [7, 11) is 1.54. The molecule has 4 nitrogen and oxygen atoms in total. The molecule has 0 bridgehead atoms. The van der Waals surface area contributed by atoms with E-state index >= 15 is 0 Å². The molecule has 0 aliphatic carbocycles. The van der Waals surface area contributed by atoms with Crippen molar-refractivity contribution in [2.45, 2.75) is 13.3 Å². The molecule has 0 unspecified atom stereocenters. The van der Waals surface area contributed by atoms with Gasteiger partial charge in [0.15, 0.2) is 0 Å². The van der Waals surface area contributed by atoms with Crippen molar-refractivity contribution in [2.75, 3.05) is 20.2 Å². The van der Waals surface area contributed by atoms with E-state index in [9.17, 15) is 4.79 Å². The first kappa shape index (κ1) is 12.5. The predicted octanol–water partition coefficient (Wildman–Crippen LogP) is 2.13. The normalized spacial score (nSPS) is 9.56. The Morgan fingerprint density at radius 1 is 1.69 bits per heavy atom. The monoisotopic (exact) mass is 238 g/mol. The molecule has 86 valence electrons. The minimum Gasteiger partial charge on any atom is -0.495 e. The molecule has 0 aliphatic heterocycles. The van der Waals surface area contributed by atoms with Crippen molar-refractivity contribution < 1.29 is 9.53 Å². The van der Waals surface area contributed by atoms with Gasteiger partial charge in [-0.05, 0) is 17.9 Å². The first-order valence-electron chi connectivity index (χ1n) is 5.02. The van der Waals surface area contributed by atoms with Crippen molar-refractivity contribution in [3.05, 3.63) is 16.3 Å². The van der Waals surface area contributed by atoms with Gasteiger partial charge in [-0.25, -0.2) is 0 Å². The summed E-state index contributed by atoms with van der Waals surface area (Å²) >= 11 is 1.34. The predicted molar refractivity (Wildman–Crippen MR) is 62.7 cm³/mol. The Morgan fingerprint density at radius 2 is 2.44 bits per heavy atom. The number of carbonyl (C=O) groups is 1. The average Bonchev–Trinajstić information content (AvgIpc) is 2.75. The number of nitrogens with zero attached hydrogens (tertiary/aromatic N) is 2.